The molecule has 2 N–H and O–H groups in total. The number of thioether (sulfide) groups is 1. The van der Waals surface area contributed by atoms with E-state index >= 15 is 0 Å². The summed E-state index contributed by atoms with van der Waals surface area (Å²) < 4.78 is 2.05. The molecule has 0 saturated carbocycles. The van der Waals surface area contributed by atoms with Crippen molar-refractivity contribution < 1.29 is 15.0 Å². The Kier molecular flexibility index (Phi) is 4.90. The summed E-state index contributed by atoms with van der Waals surface area (Å²) in [7, 11) is 0. The van der Waals surface area contributed by atoms with E-state index in [4.69, 9.17) is 0 Å². The van der Waals surface area contributed by atoms with E-state index in [1.807, 2.05) is 26.2 Å². The van der Waals surface area contributed by atoms with Gasteiger partial charge in [0.2, 0.25) is 0 Å². The van der Waals surface area contributed by atoms with Crippen molar-refractivity contribution in [3.8, 4) is 0 Å². The van der Waals surface area contributed by atoms with E-state index in [1.165, 1.54) is 0 Å². The highest BCUT2D eigenvalue weighted by Crippen LogP contribution is 2.29. The van der Waals surface area contributed by atoms with Crippen LogP contribution in [0.2, 0.25) is 0 Å². The number of nitrogens with zero attached hydrogens (tertiary/aromatic N) is 2. The summed E-state index contributed by atoms with van der Waals surface area (Å²) >= 11 is 1.60. The number of aryl methyl sites for hydroxylation is 1. The average molecular weight is 308 g/mol. The van der Waals surface area contributed by atoms with Crippen LogP contribution in [0.3, 0.4) is 0 Å². The van der Waals surface area contributed by atoms with Gasteiger partial charge >= 0.3 is 5.97 Å². The lowest BCUT2D eigenvalue weighted by molar-refractivity contribution is 0.0699. The molecule has 0 aliphatic rings. The fourth-order valence-corrected chi connectivity index (χ4v) is 3.30. The first-order chi connectivity index (χ1) is 10.0. The molecule has 5 nitrogen and oxygen atoms in total. The maximum Gasteiger partial charge on any atom is 0.337 e. The summed E-state index contributed by atoms with van der Waals surface area (Å²) in [4.78, 5) is 15.9. The molecule has 6 heteroatoms. The van der Waals surface area contributed by atoms with Crippen LogP contribution in [0.25, 0.3) is 11.0 Å². The number of imidazole rings is 1. The van der Waals surface area contributed by atoms with Gasteiger partial charge in [0.15, 0.2) is 0 Å². The highest BCUT2D eigenvalue weighted by atomic mass is 32.2. The predicted octanol–water partition coefficient (Wildman–Crippen LogP) is 2.58. The normalized spacial score (nSPS) is 14.3. The van der Waals surface area contributed by atoms with Crippen molar-refractivity contribution in [2.24, 2.45) is 0 Å². The minimum Gasteiger partial charge on any atom is -0.478 e. The van der Waals surface area contributed by atoms with Crippen LogP contribution in [0, 0.1) is 0 Å². The molecule has 0 fully saturated rings. The molecule has 114 valence electrons. The highest BCUT2D eigenvalue weighted by molar-refractivity contribution is 7.99. The van der Waals surface area contributed by atoms with Crippen LogP contribution < -0.4 is 0 Å². The van der Waals surface area contributed by atoms with Crippen molar-refractivity contribution in [1.82, 2.24) is 9.55 Å². The second-order valence-corrected chi connectivity index (χ2v) is 6.00. The molecule has 2 aromatic rings. The van der Waals surface area contributed by atoms with Gasteiger partial charge in [-0.25, -0.2) is 9.78 Å². The number of benzene rings is 1. The van der Waals surface area contributed by atoms with Gasteiger partial charge < -0.3 is 14.8 Å². The maximum atomic E-state index is 11.3. The van der Waals surface area contributed by atoms with Crippen molar-refractivity contribution >= 4 is 28.8 Å². The summed E-state index contributed by atoms with van der Waals surface area (Å²) in [6.45, 7) is 4.10. The zero-order valence-electron chi connectivity index (χ0n) is 12.4. The summed E-state index contributed by atoms with van der Waals surface area (Å²) in [6, 6.07) is 5.24. The third kappa shape index (κ3) is 2.78. The lowest BCUT2D eigenvalue weighted by atomic mass is 10.1. The fourth-order valence-electron chi connectivity index (χ4n) is 2.63. The van der Waals surface area contributed by atoms with E-state index in [1.54, 1.807) is 23.9 Å². The van der Waals surface area contributed by atoms with Crippen LogP contribution in [0.4, 0.5) is 0 Å². The second-order valence-electron chi connectivity index (χ2n) is 4.93. The van der Waals surface area contributed by atoms with E-state index in [0.717, 1.165) is 11.3 Å². The molecule has 1 heterocycles. The predicted molar refractivity (Wildman–Crippen MR) is 85.2 cm³/mol. The van der Waals surface area contributed by atoms with Crippen LogP contribution in [-0.2, 0) is 6.42 Å². The first-order valence-electron chi connectivity index (χ1n) is 6.91. The number of hydrogen-bond acceptors (Lipinski definition) is 4. The second kappa shape index (κ2) is 6.49. The number of para-hydroxylation sites is 1. The Morgan fingerprint density at radius 1 is 1.48 bits per heavy atom. The number of rotatable bonds is 6. The molecule has 0 spiro atoms. The van der Waals surface area contributed by atoms with Crippen LogP contribution in [-0.4, -0.2) is 43.8 Å². The van der Waals surface area contributed by atoms with Crippen molar-refractivity contribution in [2.75, 3.05) is 12.9 Å². The number of aliphatic hydroxyl groups is 1. The number of carboxylic acid groups (broad SMARTS) is 1. The molecule has 0 aliphatic heterocycles. The number of aromatic nitrogens is 2. The molecule has 2 unspecified atom stereocenters. The van der Waals surface area contributed by atoms with Gasteiger partial charge in [-0.05, 0) is 25.3 Å². The van der Waals surface area contributed by atoms with Crippen molar-refractivity contribution in [3.63, 3.8) is 0 Å². The van der Waals surface area contributed by atoms with Gasteiger partial charge in [0, 0.05) is 17.7 Å². The minimum atomic E-state index is -0.968. The van der Waals surface area contributed by atoms with Crippen LogP contribution >= 0.6 is 11.8 Å². The number of carboxylic acids is 1. The van der Waals surface area contributed by atoms with Gasteiger partial charge in [-0.3, -0.25) is 0 Å². The number of fused-ring (bicyclic) bond motifs is 1. The maximum absolute atomic E-state index is 11.3. The molecule has 0 radical (unpaired) electrons. The standard InChI is InChI=1S/C15H20N2O3S/c1-4-13-16-14-10(15(19)20)6-5-7-11(14)17(13)9(2)12(8-18)21-3/h5-7,9,12,18H,4,8H2,1-3H3,(H,19,20). The molecule has 21 heavy (non-hydrogen) atoms. The third-order valence-electron chi connectivity index (χ3n) is 3.77. The fraction of sp³-hybridized carbons (Fsp3) is 0.467. The van der Waals surface area contributed by atoms with Gasteiger partial charge in [0.25, 0.3) is 0 Å². The molecule has 2 rings (SSSR count). The van der Waals surface area contributed by atoms with E-state index in [-0.39, 0.29) is 23.5 Å². The quantitative estimate of drug-likeness (QED) is 0.858. The van der Waals surface area contributed by atoms with Crippen LogP contribution in [0.1, 0.15) is 36.1 Å². The van der Waals surface area contributed by atoms with E-state index in [9.17, 15) is 15.0 Å². The Morgan fingerprint density at radius 2 is 2.19 bits per heavy atom. The third-order valence-corrected chi connectivity index (χ3v) is 4.92. The Bertz CT molecular complexity index is 650. The SMILES string of the molecule is CCc1nc2c(C(=O)O)cccc2n1C(C)C(CO)SC. The Hall–Kier alpha value is -1.53. The first-order valence-corrected chi connectivity index (χ1v) is 8.20. The molecule has 0 amide bonds. The van der Waals surface area contributed by atoms with Gasteiger partial charge in [0.1, 0.15) is 11.3 Å². The van der Waals surface area contributed by atoms with Crippen molar-refractivity contribution in [1.29, 1.82) is 0 Å². The highest BCUT2D eigenvalue weighted by Gasteiger charge is 2.23. The number of hydrogen-bond donors (Lipinski definition) is 2. The van der Waals surface area contributed by atoms with Crippen molar-refractivity contribution in [2.45, 2.75) is 31.6 Å². The summed E-state index contributed by atoms with van der Waals surface area (Å²) in [5.41, 5.74) is 1.55. The monoisotopic (exact) mass is 308 g/mol. The lowest BCUT2D eigenvalue weighted by Crippen LogP contribution is -2.23. The van der Waals surface area contributed by atoms with E-state index in [0.29, 0.717) is 11.9 Å². The number of aliphatic hydroxyl groups excluding tert-OH is 1. The topological polar surface area (TPSA) is 75.3 Å². The average Bonchev–Trinajstić information content (AvgIpc) is 2.86. The number of aromatic carboxylic acids is 1. The molecule has 0 bridgehead atoms. The van der Waals surface area contributed by atoms with E-state index in [2.05, 4.69) is 9.55 Å². The Balaban J connectivity index is 2.67. The lowest BCUT2D eigenvalue weighted by Gasteiger charge is -2.24. The molecular weight excluding hydrogens is 288 g/mol. The molecule has 1 aromatic heterocycles. The molecular formula is C15H20N2O3S. The van der Waals surface area contributed by atoms with Gasteiger partial charge in [0.05, 0.1) is 17.7 Å². The molecule has 0 aliphatic carbocycles. The zero-order valence-corrected chi connectivity index (χ0v) is 13.2. The van der Waals surface area contributed by atoms with Crippen molar-refractivity contribution in [3.05, 3.63) is 29.6 Å². The largest absolute Gasteiger partial charge is 0.478 e. The minimum absolute atomic E-state index is 0.0361. The first kappa shape index (κ1) is 15.9. The molecule has 1 aromatic carbocycles. The summed E-state index contributed by atoms with van der Waals surface area (Å²) in [5, 5.41) is 18.9. The van der Waals surface area contributed by atoms with Gasteiger partial charge in [-0.2, -0.15) is 11.8 Å². The smallest absolute Gasteiger partial charge is 0.337 e. The molecule has 2 atom stereocenters. The Labute approximate surface area is 128 Å². The van der Waals surface area contributed by atoms with E-state index < -0.39 is 5.97 Å². The summed E-state index contributed by atoms with van der Waals surface area (Å²) in [6.07, 6.45) is 2.68. The van der Waals surface area contributed by atoms with Crippen LogP contribution in [0.5, 0.6) is 0 Å². The summed E-state index contributed by atoms with van der Waals surface area (Å²) in [5.74, 6) is -0.122. The van der Waals surface area contributed by atoms with Gasteiger partial charge in [-0.1, -0.05) is 13.0 Å². The van der Waals surface area contributed by atoms with Gasteiger partial charge in [-0.15, -0.1) is 0 Å². The zero-order chi connectivity index (χ0) is 15.6. The number of carbonyl (C=O) groups is 1. The molecule has 0 saturated heterocycles. The Morgan fingerprint density at radius 3 is 2.71 bits per heavy atom. The van der Waals surface area contributed by atoms with Crippen LogP contribution in [0.15, 0.2) is 18.2 Å².